The number of rotatable bonds is 5. The summed E-state index contributed by atoms with van der Waals surface area (Å²) in [6.45, 7) is 9.64. The lowest BCUT2D eigenvalue weighted by Gasteiger charge is -2.64. The van der Waals surface area contributed by atoms with E-state index in [1.807, 2.05) is 24.8 Å². The van der Waals surface area contributed by atoms with E-state index in [0.717, 1.165) is 19.3 Å². The van der Waals surface area contributed by atoms with E-state index in [2.05, 4.69) is 24.1 Å². The highest BCUT2D eigenvalue weighted by atomic mass is 16.5. The van der Waals surface area contributed by atoms with E-state index in [1.54, 1.807) is 26.2 Å². The SMILES string of the molecule is COCCCOC1CCC2(C)C(C1)C(=O)C=C1C3(O)CCC4C(C)(O)C(O)C5OC6C(C5C)C5C=CC6(O)NC5C(=O)N5CC5CC#CC12CCC43C. The first-order chi connectivity index (χ1) is 25.1. The van der Waals surface area contributed by atoms with Crippen LogP contribution in [0.3, 0.4) is 0 Å². The first-order valence-corrected chi connectivity index (χ1v) is 20.2. The second-order valence-electron chi connectivity index (χ2n) is 19.0. The molecule has 5 N–H and O–H groups in total. The van der Waals surface area contributed by atoms with Gasteiger partial charge in [-0.05, 0) is 93.3 Å². The molecule has 3 saturated heterocycles. The Labute approximate surface area is 312 Å². The number of ketones is 1. The minimum absolute atomic E-state index is 0.00233. The Morgan fingerprint density at radius 1 is 1.06 bits per heavy atom. The van der Waals surface area contributed by atoms with Gasteiger partial charge in [-0.15, -0.1) is 5.92 Å². The van der Waals surface area contributed by atoms with Gasteiger partial charge in [0, 0.05) is 56.5 Å². The predicted octanol–water partition coefficient (Wildman–Crippen LogP) is 2.25. The number of nitrogens with one attached hydrogen (secondary N) is 1. The molecule has 0 aromatic rings. The molecule has 5 aliphatic carbocycles. The lowest BCUT2D eigenvalue weighted by Crippen LogP contribution is -2.71. The number of allylic oxidation sites excluding steroid dienone is 1. The van der Waals surface area contributed by atoms with Gasteiger partial charge >= 0.3 is 0 Å². The monoisotopic (exact) mass is 734 g/mol. The molecular formula is C42H58N2O9. The van der Waals surface area contributed by atoms with Crippen molar-refractivity contribution in [2.24, 2.45) is 45.8 Å². The zero-order valence-corrected chi connectivity index (χ0v) is 31.8. The number of carbonyl (C=O) groups is 2. The molecule has 6 fully saturated rings. The average molecular weight is 735 g/mol. The van der Waals surface area contributed by atoms with Gasteiger partial charge in [-0.3, -0.25) is 14.9 Å². The van der Waals surface area contributed by atoms with Gasteiger partial charge in [0.2, 0.25) is 5.91 Å². The number of aliphatic hydroxyl groups excluding tert-OH is 1. The van der Waals surface area contributed by atoms with Crippen molar-refractivity contribution >= 4 is 11.7 Å². The molecule has 3 saturated carbocycles. The van der Waals surface area contributed by atoms with Gasteiger partial charge in [-0.25, -0.2) is 0 Å². The molecule has 6 aliphatic heterocycles. The maximum atomic E-state index is 14.4. The molecular weight excluding hydrogens is 676 g/mol. The van der Waals surface area contributed by atoms with Gasteiger partial charge in [0.1, 0.15) is 12.2 Å². The quantitative estimate of drug-likeness (QED) is 0.123. The molecule has 6 heterocycles. The fourth-order valence-corrected chi connectivity index (χ4v) is 13.5. The highest BCUT2D eigenvalue weighted by Gasteiger charge is 2.74. The molecule has 17 atom stereocenters. The first kappa shape index (κ1) is 36.5. The summed E-state index contributed by atoms with van der Waals surface area (Å²) in [6.07, 6.45) is 7.71. The summed E-state index contributed by atoms with van der Waals surface area (Å²) in [7, 11) is 1.68. The van der Waals surface area contributed by atoms with Crippen molar-refractivity contribution in [3.63, 3.8) is 0 Å². The van der Waals surface area contributed by atoms with Crippen LogP contribution in [0.2, 0.25) is 0 Å². The molecule has 1 amide bonds. The number of amides is 1. The lowest BCUT2D eigenvalue weighted by atomic mass is 9.39. The number of hydrogen-bond donors (Lipinski definition) is 5. The van der Waals surface area contributed by atoms with Gasteiger partial charge in [-0.1, -0.05) is 32.8 Å². The molecule has 0 aromatic heterocycles. The van der Waals surface area contributed by atoms with Crippen LogP contribution in [0.25, 0.3) is 0 Å². The van der Waals surface area contributed by atoms with Gasteiger partial charge < -0.3 is 39.5 Å². The second kappa shape index (κ2) is 11.9. The fourth-order valence-electron chi connectivity index (χ4n) is 13.5. The first-order valence-electron chi connectivity index (χ1n) is 20.2. The van der Waals surface area contributed by atoms with Gasteiger partial charge in [0.15, 0.2) is 11.5 Å². The zero-order chi connectivity index (χ0) is 37.5. The van der Waals surface area contributed by atoms with Crippen LogP contribution in [0.4, 0.5) is 0 Å². The molecule has 53 heavy (non-hydrogen) atoms. The minimum Gasteiger partial charge on any atom is -0.387 e. The van der Waals surface area contributed by atoms with E-state index < -0.39 is 63.4 Å². The molecule has 0 aromatic carbocycles. The Kier molecular flexibility index (Phi) is 8.22. The summed E-state index contributed by atoms with van der Waals surface area (Å²) in [6, 6.07) is -0.705. The van der Waals surface area contributed by atoms with E-state index in [1.165, 1.54) is 0 Å². The van der Waals surface area contributed by atoms with Crippen molar-refractivity contribution in [3.05, 3.63) is 23.8 Å². The number of aliphatic hydroxyl groups is 4. The van der Waals surface area contributed by atoms with Crippen LogP contribution in [0, 0.1) is 57.7 Å². The number of piperidine rings is 1. The molecule has 0 radical (unpaired) electrons. The topological polar surface area (TPSA) is 158 Å². The minimum atomic E-state index is -1.68. The van der Waals surface area contributed by atoms with Crippen molar-refractivity contribution in [2.75, 3.05) is 26.9 Å². The van der Waals surface area contributed by atoms with Gasteiger partial charge in [-0.2, -0.15) is 0 Å². The molecule has 290 valence electrons. The largest absolute Gasteiger partial charge is 0.387 e. The summed E-state index contributed by atoms with van der Waals surface area (Å²) >= 11 is 0. The third kappa shape index (κ3) is 4.76. The Morgan fingerprint density at radius 3 is 2.62 bits per heavy atom. The van der Waals surface area contributed by atoms with Crippen LogP contribution in [-0.4, -0.2) is 117 Å². The summed E-state index contributed by atoms with van der Waals surface area (Å²) < 4.78 is 18.0. The maximum absolute atomic E-state index is 14.4. The fraction of sp³-hybridized carbons (Fsp3) is 0.810. The van der Waals surface area contributed by atoms with Gasteiger partial charge in [0.25, 0.3) is 0 Å². The Balaban J connectivity index is 1.13. The number of hydrogen-bond acceptors (Lipinski definition) is 10. The van der Waals surface area contributed by atoms with Gasteiger partial charge in [0.05, 0.1) is 40.9 Å². The maximum Gasteiger partial charge on any atom is 0.240 e. The normalized spacial score (nSPS) is 54.8. The molecule has 11 nitrogen and oxygen atoms in total. The highest BCUT2D eigenvalue weighted by Crippen LogP contribution is 2.73. The van der Waals surface area contributed by atoms with Crippen molar-refractivity contribution in [1.29, 1.82) is 0 Å². The summed E-state index contributed by atoms with van der Waals surface area (Å²) in [4.78, 5) is 30.3. The van der Waals surface area contributed by atoms with Crippen molar-refractivity contribution in [1.82, 2.24) is 10.2 Å². The standard InChI is InChI=1S/C42H58N2O9/c1-23-31-26-10-15-42(50)35(31)53-33(23)34(46)39(4,48)29-11-14-41(49)30-21-28(45)27-20-25(52-19-7-18-51-5)9-13-37(27,2)40(30,17-16-38(29,41)3)12-6-8-24-22-44(24)36(47)32(26)43-42/h10,15,21,23-27,29,31-35,43,46,48-50H,7-9,11,13-14,16-20,22H2,1-5H3. The zero-order valence-electron chi connectivity index (χ0n) is 31.8. The number of nitrogens with zero attached hydrogens (tertiary/aromatic N) is 1. The smallest absolute Gasteiger partial charge is 0.240 e. The second-order valence-corrected chi connectivity index (χ2v) is 19.0. The van der Waals surface area contributed by atoms with Crippen LogP contribution in [0.15, 0.2) is 23.8 Å². The summed E-state index contributed by atoms with van der Waals surface area (Å²) in [5, 5.41) is 53.2. The van der Waals surface area contributed by atoms with Crippen LogP contribution >= 0.6 is 0 Å². The molecule has 9 bridgehead atoms. The number of methoxy groups -OCH3 is 1. The predicted molar refractivity (Wildman–Crippen MR) is 193 cm³/mol. The number of carbonyl (C=O) groups excluding carboxylic acids is 2. The molecule has 11 heteroatoms. The number of ether oxygens (including phenoxy) is 3. The highest BCUT2D eigenvalue weighted by molar-refractivity contribution is 5.96. The lowest BCUT2D eigenvalue weighted by molar-refractivity contribution is -0.211. The third-order valence-electron chi connectivity index (χ3n) is 16.7. The van der Waals surface area contributed by atoms with Crippen LogP contribution in [-0.2, 0) is 23.8 Å². The summed E-state index contributed by atoms with van der Waals surface area (Å²) in [5.74, 6) is 5.58. The van der Waals surface area contributed by atoms with Crippen molar-refractivity contribution in [3.8, 4) is 11.8 Å². The molecule has 1 spiro atoms. The Bertz CT molecular complexity index is 1700. The van der Waals surface area contributed by atoms with Crippen LogP contribution in [0.1, 0.15) is 85.5 Å². The van der Waals surface area contributed by atoms with E-state index in [0.29, 0.717) is 63.9 Å². The average Bonchev–Trinajstić information content (AvgIpc) is 3.71. The Hall–Kier alpha value is -2.14. The van der Waals surface area contributed by atoms with E-state index >= 15 is 0 Å². The third-order valence-corrected chi connectivity index (χ3v) is 16.7. The number of fused-ring (bicyclic) bond motifs is 4. The molecule has 11 aliphatic rings. The van der Waals surface area contributed by atoms with E-state index in [9.17, 15) is 30.0 Å². The van der Waals surface area contributed by atoms with Crippen molar-refractivity contribution in [2.45, 2.75) is 139 Å². The molecule has 17 unspecified atom stereocenters. The van der Waals surface area contributed by atoms with E-state index in [-0.39, 0.29) is 47.5 Å². The van der Waals surface area contributed by atoms with Crippen molar-refractivity contribution < 1.29 is 44.2 Å². The van der Waals surface area contributed by atoms with Crippen LogP contribution < -0.4 is 5.32 Å². The summed E-state index contributed by atoms with van der Waals surface area (Å²) in [5.41, 5.74) is -6.26. The van der Waals surface area contributed by atoms with Crippen LogP contribution in [0.5, 0.6) is 0 Å². The Morgan fingerprint density at radius 2 is 1.85 bits per heavy atom. The van der Waals surface area contributed by atoms with E-state index in [4.69, 9.17) is 14.2 Å². The molecule has 11 rings (SSSR count).